The van der Waals surface area contributed by atoms with Gasteiger partial charge in [-0.2, -0.15) is 18.3 Å². The number of benzene rings is 7. The van der Waals surface area contributed by atoms with Crippen LogP contribution in [0.25, 0.3) is 146 Å². The van der Waals surface area contributed by atoms with E-state index in [1.807, 2.05) is 155 Å². The molecule has 0 bridgehead atoms. The molecule has 0 N–H and O–H groups in total. The van der Waals surface area contributed by atoms with Gasteiger partial charge in [0.15, 0.2) is 24.8 Å². The van der Waals surface area contributed by atoms with Crippen LogP contribution in [-0.2, 0) is 56.4 Å². The van der Waals surface area contributed by atoms with E-state index in [0.717, 1.165) is 113 Å². The molecule has 0 spiro atoms. The highest BCUT2D eigenvalue weighted by Crippen LogP contribution is 2.34. The second kappa shape index (κ2) is 26.3. The van der Waals surface area contributed by atoms with Crippen molar-refractivity contribution in [1.29, 1.82) is 0 Å². The summed E-state index contributed by atoms with van der Waals surface area (Å²) < 4.78 is 97.5. The quantitative estimate of drug-likeness (QED) is 0.148. The molecule has 7 aromatic carbocycles. The molecule has 0 saturated heterocycles. The van der Waals surface area contributed by atoms with E-state index in [2.05, 4.69) is 189 Å². The molecule has 0 fully saturated rings. The molecule has 12 aromatic heterocycles. The number of rotatable bonds is 7. The first-order chi connectivity index (χ1) is 54.0. The van der Waals surface area contributed by atoms with Gasteiger partial charge in [-0.25, -0.2) is 19.9 Å². The van der Waals surface area contributed by atoms with E-state index in [1.165, 1.54) is 33.6 Å². The molecule has 19 aromatic rings. The fourth-order valence-corrected chi connectivity index (χ4v) is 14.4. The molecule has 0 amide bonds. The van der Waals surface area contributed by atoms with Gasteiger partial charge in [-0.3, -0.25) is 17.6 Å². The topological polar surface area (TPSA) is 104 Å². The first kappa shape index (κ1) is 55.9. The Balaban J connectivity index is 0.000000115. The number of fused-ring (bicyclic) bond motifs is 12. The summed E-state index contributed by atoms with van der Waals surface area (Å²) in [7, 11) is 15.9. The maximum absolute atomic E-state index is 8.16. The molecular formula is C88H84N16+4. The SMILES string of the molecule is Cc1cc(-c2cn3c4ccccc4nc3n2C)[n+](C)cc1-c1ccccc1.Cc1cc[n+](C)c(-c2cn3c4ccccc4nc3n2C)c1.[2H]C([2H])([2H])c1c[n+](C)c(-c2cn3c4ccccc4nc3n2C)cc1-c1ccccc1.[2H]C([2H])([2H])c1cc(C)ccc1-c1cc(-c2cn3c4ccccc4nc3n2C)[n+](C)cc1C([2H])([2H])[2H]. The number of aryl methyl sites for hydroxylation is 14. The Kier molecular flexibility index (Phi) is 14.1. The smallest absolute Gasteiger partial charge is 0.231 e. The van der Waals surface area contributed by atoms with Gasteiger partial charge in [0.1, 0.15) is 51.0 Å². The molecule has 0 atom stereocenters. The molecule has 19 rings (SSSR count). The maximum Gasteiger partial charge on any atom is 0.231 e. The summed E-state index contributed by atoms with van der Waals surface area (Å²) in [5.41, 5.74) is 25.0. The molecule has 0 unspecified atom stereocenters. The van der Waals surface area contributed by atoms with Gasteiger partial charge in [0.05, 0.1) is 44.1 Å². The average Bonchev–Trinajstić information content (AvgIpc) is 1.60. The summed E-state index contributed by atoms with van der Waals surface area (Å²) >= 11 is 0. The van der Waals surface area contributed by atoms with Gasteiger partial charge in [-0.05, 0) is 134 Å². The van der Waals surface area contributed by atoms with Crippen molar-refractivity contribution in [2.75, 3.05) is 0 Å². The van der Waals surface area contributed by atoms with E-state index in [9.17, 15) is 0 Å². The van der Waals surface area contributed by atoms with Crippen LogP contribution in [0.4, 0.5) is 0 Å². The molecule has 0 aliphatic rings. The number of imidazole rings is 8. The highest BCUT2D eigenvalue weighted by Gasteiger charge is 2.26. The molecule has 0 radical (unpaired) electrons. The lowest BCUT2D eigenvalue weighted by Gasteiger charge is -2.11. The minimum atomic E-state index is -2.43. The lowest BCUT2D eigenvalue weighted by atomic mass is 9.95. The zero-order valence-corrected chi connectivity index (χ0v) is 59.9. The predicted octanol–water partition coefficient (Wildman–Crippen LogP) is 16.1. The molecule has 16 heteroatoms. The summed E-state index contributed by atoms with van der Waals surface area (Å²) in [6, 6.07) is 68.0. The molecule has 12 heterocycles. The zero-order chi connectivity index (χ0) is 79.4. The lowest BCUT2D eigenvalue weighted by molar-refractivity contribution is -0.661. The second-order valence-corrected chi connectivity index (χ2v) is 26.9. The molecular weight excluding hydrogens is 1280 g/mol. The van der Waals surface area contributed by atoms with Crippen molar-refractivity contribution < 1.29 is 30.6 Å². The first-order valence-corrected chi connectivity index (χ1v) is 34.5. The van der Waals surface area contributed by atoms with E-state index in [1.54, 1.807) is 42.2 Å². The maximum atomic E-state index is 8.16. The standard InChI is InChI=1S/C25H25N4.2C23H21N4.C17H17N4/c1-16-10-11-19(17(2)12-16)20-13-23(27(4)14-18(20)3)24-15-29-22-9-7-6-8-21(22)26-25(29)28(24)5;1-16-14-25(2)21(13-18(16)17-9-5-4-6-10-17)22-15-27-20-12-8-7-11-19(20)24-23(27)26(22)3;1-16-13-21(25(2)14-18(16)17-9-5-4-6-10-17)22-15-27-20-12-8-7-11-19(20)24-23(27)26(22)3;1-12-8-9-19(2)15(10-12)16-11-21-14-7-5-4-6-13(14)18-17(21)20(16)3/h6-15H,1-5H3;2*4-15H,1-3H3;4-11H,1-3H3/q4*+1/i2D3,3D3;1D3;;. The Hall–Kier alpha value is -12.8. The van der Waals surface area contributed by atoms with Crippen molar-refractivity contribution in [2.45, 2.75) is 41.3 Å². The molecule has 0 saturated carbocycles. The van der Waals surface area contributed by atoms with Gasteiger partial charge in [-0.15, -0.1) is 0 Å². The van der Waals surface area contributed by atoms with Crippen LogP contribution in [0.2, 0.25) is 0 Å². The van der Waals surface area contributed by atoms with Crippen LogP contribution in [0.15, 0.2) is 256 Å². The van der Waals surface area contributed by atoms with Crippen LogP contribution in [0.5, 0.6) is 0 Å². The summed E-state index contributed by atoms with van der Waals surface area (Å²) in [6.45, 7) is -0.912. The van der Waals surface area contributed by atoms with E-state index in [0.29, 0.717) is 22.3 Å². The Labute approximate surface area is 616 Å². The summed E-state index contributed by atoms with van der Waals surface area (Å²) in [5, 5.41) is 0. The number of pyridine rings is 4. The number of para-hydroxylation sites is 8. The Bertz CT molecular complexity index is 6920. The van der Waals surface area contributed by atoms with E-state index >= 15 is 0 Å². The first-order valence-electron chi connectivity index (χ1n) is 39.0. The van der Waals surface area contributed by atoms with Crippen molar-refractivity contribution in [3.8, 4) is 78.9 Å². The highest BCUT2D eigenvalue weighted by atomic mass is 15.2. The van der Waals surface area contributed by atoms with Crippen molar-refractivity contribution in [1.82, 2.24) is 55.8 Å². The second-order valence-electron chi connectivity index (χ2n) is 26.9. The van der Waals surface area contributed by atoms with Crippen molar-refractivity contribution in [3.05, 3.63) is 289 Å². The fraction of sp³-hybridized carbons (Fsp3) is 0.159. The number of hydrogen-bond acceptors (Lipinski definition) is 4. The number of nitrogens with zero attached hydrogens (tertiary/aromatic N) is 16. The molecule has 0 aliphatic carbocycles. The van der Waals surface area contributed by atoms with Gasteiger partial charge in [-0.1, -0.05) is 133 Å². The minimum Gasteiger partial charge on any atom is -0.308 e. The van der Waals surface area contributed by atoms with Gasteiger partial charge >= 0.3 is 0 Å². The predicted molar refractivity (Wildman–Crippen MR) is 418 cm³/mol. The van der Waals surface area contributed by atoms with Gasteiger partial charge in [0, 0.05) is 112 Å². The third kappa shape index (κ3) is 11.5. The Morgan fingerprint density at radius 1 is 0.298 bits per heavy atom. The minimum absolute atomic E-state index is 0.0996. The van der Waals surface area contributed by atoms with Crippen molar-refractivity contribution in [3.63, 3.8) is 0 Å². The largest absolute Gasteiger partial charge is 0.308 e. The zero-order valence-electron chi connectivity index (χ0n) is 68.9. The van der Waals surface area contributed by atoms with Crippen molar-refractivity contribution in [2.24, 2.45) is 56.4 Å². The Morgan fingerprint density at radius 3 is 1.07 bits per heavy atom. The van der Waals surface area contributed by atoms with Crippen LogP contribution in [-0.4, -0.2) is 55.8 Å². The summed E-state index contributed by atoms with van der Waals surface area (Å²) in [4.78, 5) is 19.0. The van der Waals surface area contributed by atoms with Crippen LogP contribution < -0.4 is 18.3 Å². The molecule has 104 heavy (non-hydrogen) atoms. The van der Waals surface area contributed by atoms with Gasteiger partial charge in [0.2, 0.25) is 45.9 Å². The van der Waals surface area contributed by atoms with E-state index in [-0.39, 0.29) is 11.1 Å². The van der Waals surface area contributed by atoms with E-state index < -0.39 is 20.6 Å². The third-order valence-electron chi connectivity index (χ3n) is 20.0. The lowest BCUT2D eigenvalue weighted by Crippen LogP contribution is -2.32. The highest BCUT2D eigenvalue weighted by molar-refractivity contribution is 5.85. The van der Waals surface area contributed by atoms with E-state index in [4.69, 9.17) is 32.3 Å². The molecule has 16 nitrogen and oxygen atoms in total. The van der Waals surface area contributed by atoms with Crippen LogP contribution in [0.3, 0.4) is 0 Å². The Morgan fingerprint density at radius 2 is 0.644 bits per heavy atom. The van der Waals surface area contributed by atoms with Crippen LogP contribution in [0.1, 0.15) is 45.7 Å². The number of aromatic nitrogens is 16. The summed E-state index contributed by atoms with van der Waals surface area (Å²) in [6.07, 6.45) is 16.0. The van der Waals surface area contributed by atoms with Crippen LogP contribution in [0, 0.1) is 41.3 Å². The van der Waals surface area contributed by atoms with Crippen LogP contribution >= 0.6 is 0 Å². The van der Waals surface area contributed by atoms with Gasteiger partial charge in [0.25, 0.3) is 0 Å². The number of hydrogen-bond donors (Lipinski definition) is 0. The fourth-order valence-electron chi connectivity index (χ4n) is 14.4. The molecule has 0 aliphatic heterocycles. The monoisotopic (exact) mass is 1370 g/mol. The molecule has 512 valence electrons. The van der Waals surface area contributed by atoms with Gasteiger partial charge < -0.3 is 18.3 Å². The van der Waals surface area contributed by atoms with Crippen molar-refractivity contribution >= 4 is 67.2 Å². The third-order valence-corrected chi connectivity index (χ3v) is 20.0. The average molecular weight is 1370 g/mol. The normalized spacial score (nSPS) is 13.2. The summed E-state index contributed by atoms with van der Waals surface area (Å²) in [5.74, 6) is 3.51.